The van der Waals surface area contributed by atoms with E-state index < -0.39 is 30.0 Å². The highest BCUT2D eigenvalue weighted by Crippen LogP contribution is 2.37. The van der Waals surface area contributed by atoms with Crippen LogP contribution in [0.15, 0.2) is 24.3 Å². The molecule has 4 N–H and O–H groups in total. The van der Waals surface area contributed by atoms with E-state index in [1.807, 2.05) is 0 Å². The standard InChI is InChI=1S/C19H23N5O5/c1-2-24-18(29)23(11-14(25)26)17(28)19(24)7-9-22(10-8-19)16(27)13-5-3-12(4-6-13)15(20)21/h3-6H,2,7-11H2,1H3,(H3,20,21)(H,25,26). The Balaban J connectivity index is 1.75. The number of amides is 4. The number of hydrogen-bond donors (Lipinski definition) is 3. The fourth-order valence-electron chi connectivity index (χ4n) is 4.03. The Labute approximate surface area is 167 Å². The fourth-order valence-corrected chi connectivity index (χ4v) is 4.03. The molecule has 2 aliphatic rings. The highest BCUT2D eigenvalue weighted by atomic mass is 16.4. The normalized spacial score (nSPS) is 18.4. The number of benzene rings is 1. The van der Waals surface area contributed by atoms with Crippen LogP contribution in [0, 0.1) is 5.41 Å². The van der Waals surface area contributed by atoms with E-state index in [1.54, 1.807) is 36.1 Å². The van der Waals surface area contributed by atoms with Gasteiger partial charge in [0.1, 0.15) is 17.9 Å². The molecule has 4 amide bonds. The molecule has 1 spiro atoms. The van der Waals surface area contributed by atoms with E-state index >= 15 is 0 Å². The third-order valence-electron chi connectivity index (χ3n) is 5.55. The molecule has 0 saturated carbocycles. The minimum Gasteiger partial charge on any atom is -0.480 e. The van der Waals surface area contributed by atoms with Crippen molar-refractivity contribution in [3.05, 3.63) is 35.4 Å². The molecule has 0 unspecified atom stereocenters. The molecule has 154 valence electrons. The summed E-state index contributed by atoms with van der Waals surface area (Å²) in [6, 6.07) is 5.80. The zero-order chi connectivity index (χ0) is 21.3. The monoisotopic (exact) mass is 401 g/mol. The number of nitrogen functional groups attached to an aromatic ring is 1. The predicted octanol–water partition coefficient (Wildman–Crippen LogP) is 0.314. The Hall–Kier alpha value is -3.43. The average Bonchev–Trinajstić information content (AvgIpc) is 2.88. The minimum absolute atomic E-state index is 0.0844. The summed E-state index contributed by atoms with van der Waals surface area (Å²) in [6.45, 7) is 1.89. The fraction of sp³-hybridized carbons (Fsp3) is 0.421. The number of imide groups is 1. The molecule has 2 aliphatic heterocycles. The highest BCUT2D eigenvalue weighted by Gasteiger charge is 2.58. The van der Waals surface area contributed by atoms with E-state index in [0.29, 0.717) is 11.1 Å². The summed E-state index contributed by atoms with van der Waals surface area (Å²) in [7, 11) is 0. The number of urea groups is 1. The SMILES string of the molecule is CCN1C(=O)N(CC(=O)O)C(=O)C12CCN(C(=O)c1ccc(C(=N)N)cc1)CC2. The van der Waals surface area contributed by atoms with E-state index in [-0.39, 0.29) is 44.2 Å². The first-order valence-electron chi connectivity index (χ1n) is 9.30. The minimum atomic E-state index is -1.25. The summed E-state index contributed by atoms with van der Waals surface area (Å²) in [5.41, 5.74) is 5.29. The van der Waals surface area contributed by atoms with Crippen molar-refractivity contribution in [1.82, 2.24) is 14.7 Å². The topological polar surface area (TPSA) is 148 Å². The molecule has 0 bridgehead atoms. The molecule has 29 heavy (non-hydrogen) atoms. The number of carbonyl (C=O) groups excluding carboxylic acids is 3. The van der Waals surface area contributed by atoms with Gasteiger partial charge in [0.05, 0.1) is 0 Å². The van der Waals surface area contributed by atoms with E-state index in [1.165, 1.54) is 4.90 Å². The van der Waals surface area contributed by atoms with Gasteiger partial charge in [-0.2, -0.15) is 0 Å². The van der Waals surface area contributed by atoms with Crippen molar-refractivity contribution in [3.8, 4) is 0 Å². The summed E-state index contributed by atoms with van der Waals surface area (Å²) in [4.78, 5) is 53.1. The zero-order valence-corrected chi connectivity index (χ0v) is 16.1. The number of nitrogens with one attached hydrogen (secondary N) is 1. The Morgan fingerprint density at radius 2 is 1.69 bits per heavy atom. The number of nitrogens with zero attached hydrogens (tertiary/aromatic N) is 3. The Kier molecular flexibility index (Phi) is 5.27. The maximum Gasteiger partial charge on any atom is 0.328 e. The summed E-state index contributed by atoms with van der Waals surface area (Å²) >= 11 is 0. The van der Waals surface area contributed by atoms with Crippen LogP contribution in [0.4, 0.5) is 4.79 Å². The van der Waals surface area contributed by atoms with Crippen molar-refractivity contribution in [2.45, 2.75) is 25.3 Å². The number of likely N-dealkylation sites (tertiary alicyclic amines) is 1. The number of carboxylic acids is 1. The van der Waals surface area contributed by atoms with Gasteiger partial charge in [0.2, 0.25) is 0 Å². The lowest BCUT2D eigenvalue weighted by atomic mass is 9.85. The largest absolute Gasteiger partial charge is 0.480 e. The summed E-state index contributed by atoms with van der Waals surface area (Å²) in [5, 5.41) is 16.4. The number of likely N-dealkylation sites (N-methyl/N-ethyl adjacent to an activating group) is 1. The van der Waals surface area contributed by atoms with Crippen molar-refractivity contribution in [3.63, 3.8) is 0 Å². The number of aliphatic carboxylic acids is 1. The first-order chi connectivity index (χ1) is 13.7. The summed E-state index contributed by atoms with van der Waals surface area (Å²) < 4.78 is 0. The molecule has 1 aromatic carbocycles. The number of carbonyl (C=O) groups is 4. The first kappa shape index (κ1) is 20.3. The van der Waals surface area contributed by atoms with Gasteiger partial charge in [0, 0.05) is 30.8 Å². The Morgan fingerprint density at radius 3 is 2.17 bits per heavy atom. The number of piperidine rings is 1. The van der Waals surface area contributed by atoms with Gasteiger partial charge >= 0.3 is 12.0 Å². The third-order valence-corrected chi connectivity index (χ3v) is 5.55. The lowest BCUT2D eigenvalue weighted by Gasteiger charge is -2.41. The molecule has 10 nitrogen and oxygen atoms in total. The van der Waals surface area contributed by atoms with Gasteiger partial charge in [-0.1, -0.05) is 12.1 Å². The highest BCUT2D eigenvalue weighted by molar-refractivity contribution is 6.09. The van der Waals surface area contributed by atoms with E-state index in [4.69, 9.17) is 16.2 Å². The van der Waals surface area contributed by atoms with Gasteiger partial charge in [-0.15, -0.1) is 0 Å². The summed E-state index contributed by atoms with van der Waals surface area (Å²) in [6.07, 6.45) is 0.498. The molecule has 1 aromatic rings. The number of hydrogen-bond acceptors (Lipinski definition) is 5. The first-order valence-corrected chi connectivity index (χ1v) is 9.30. The van der Waals surface area contributed by atoms with E-state index in [2.05, 4.69) is 0 Å². The van der Waals surface area contributed by atoms with Crippen molar-refractivity contribution < 1.29 is 24.3 Å². The van der Waals surface area contributed by atoms with Crippen LogP contribution >= 0.6 is 0 Å². The molecule has 2 fully saturated rings. The number of carboxylic acid groups (broad SMARTS) is 1. The molecule has 10 heteroatoms. The molecule has 3 rings (SSSR count). The molecule has 2 heterocycles. The number of rotatable bonds is 5. The lowest BCUT2D eigenvalue weighted by molar-refractivity contribution is -0.144. The van der Waals surface area contributed by atoms with Gasteiger partial charge in [-0.25, -0.2) is 4.79 Å². The van der Waals surface area contributed by atoms with Crippen LogP contribution in [0.2, 0.25) is 0 Å². The van der Waals surface area contributed by atoms with Crippen LogP contribution in [-0.4, -0.2) is 81.2 Å². The lowest BCUT2D eigenvalue weighted by Crippen LogP contribution is -2.57. The van der Waals surface area contributed by atoms with Crippen LogP contribution in [-0.2, 0) is 9.59 Å². The number of nitrogens with two attached hydrogens (primary N) is 1. The maximum atomic E-state index is 12.9. The molecule has 0 atom stereocenters. The van der Waals surface area contributed by atoms with Gasteiger partial charge < -0.3 is 20.6 Å². The van der Waals surface area contributed by atoms with Crippen LogP contribution in [0.1, 0.15) is 35.7 Å². The number of amidine groups is 1. The van der Waals surface area contributed by atoms with Crippen LogP contribution in [0.3, 0.4) is 0 Å². The maximum absolute atomic E-state index is 12.9. The van der Waals surface area contributed by atoms with E-state index in [0.717, 1.165) is 4.90 Å². The second kappa shape index (κ2) is 7.53. The molecule has 0 aliphatic carbocycles. The van der Waals surface area contributed by atoms with Crippen molar-refractivity contribution in [2.24, 2.45) is 5.73 Å². The van der Waals surface area contributed by atoms with Crippen molar-refractivity contribution in [2.75, 3.05) is 26.2 Å². The molecule has 0 radical (unpaired) electrons. The average molecular weight is 401 g/mol. The molecular weight excluding hydrogens is 378 g/mol. The van der Waals surface area contributed by atoms with Crippen molar-refractivity contribution in [1.29, 1.82) is 5.41 Å². The Bertz CT molecular complexity index is 873. The zero-order valence-electron chi connectivity index (χ0n) is 16.1. The second-order valence-corrected chi connectivity index (χ2v) is 7.13. The molecule has 2 saturated heterocycles. The van der Waals surface area contributed by atoms with Crippen LogP contribution in [0.5, 0.6) is 0 Å². The Morgan fingerprint density at radius 1 is 1.14 bits per heavy atom. The molecule has 0 aromatic heterocycles. The smallest absolute Gasteiger partial charge is 0.328 e. The third kappa shape index (κ3) is 3.41. The van der Waals surface area contributed by atoms with Gasteiger partial charge in [-0.05, 0) is 31.9 Å². The van der Waals surface area contributed by atoms with E-state index in [9.17, 15) is 19.2 Å². The predicted molar refractivity (Wildman–Crippen MR) is 102 cm³/mol. The quantitative estimate of drug-likeness (QED) is 0.367. The van der Waals surface area contributed by atoms with Gasteiger partial charge in [0.25, 0.3) is 11.8 Å². The van der Waals surface area contributed by atoms with Crippen LogP contribution < -0.4 is 5.73 Å². The van der Waals surface area contributed by atoms with Crippen molar-refractivity contribution >= 4 is 29.7 Å². The van der Waals surface area contributed by atoms with Crippen LogP contribution in [0.25, 0.3) is 0 Å². The van der Waals surface area contributed by atoms with Gasteiger partial charge in [0.15, 0.2) is 0 Å². The summed E-state index contributed by atoms with van der Waals surface area (Å²) in [5.74, 6) is -2.05. The second-order valence-electron chi connectivity index (χ2n) is 7.13. The molecular formula is C19H23N5O5. The van der Waals surface area contributed by atoms with Gasteiger partial charge in [-0.3, -0.25) is 24.7 Å².